The van der Waals surface area contributed by atoms with Crippen molar-refractivity contribution in [3.63, 3.8) is 0 Å². The molecule has 0 atom stereocenters. The fourth-order valence-corrected chi connectivity index (χ4v) is 2.71. The van der Waals surface area contributed by atoms with E-state index >= 15 is 0 Å². The van der Waals surface area contributed by atoms with Crippen molar-refractivity contribution in [2.75, 3.05) is 6.54 Å². The van der Waals surface area contributed by atoms with Crippen LogP contribution in [0.3, 0.4) is 0 Å². The highest BCUT2D eigenvalue weighted by atomic mass is 35.5. The second-order valence-corrected chi connectivity index (χ2v) is 5.55. The molecular formula is C15H21ClN2O. The van der Waals surface area contributed by atoms with Crippen molar-refractivity contribution >= 4 is 17.6 Å². The smallest absolute Gasteiger partial charge is 0.315 e. The van der Waals surface area contributed by atoms with Gasteiger partial charge in [0.1, 0.15) is 0 Å². The van der Waals surface area contributed by atoms with E-state index in [4.69, 9.17) is 11.6 Å². The quantitative estimate of drug-likeness (QED) is 0.871. The standard InChI is InChI=1S/C15H21ClN2O/c16-13-6-4-5-12(11-13)9-10-17-15(19)18-14-7-2-1-3-8-14/h4-6,11,14H,1-3,7-10H2,(H2,17,18,19). The second-order valence-electron chi connectivity index (χ2n) is 5.12. The minimum absolute atomic E-state index is 0.0473. The molecule has 2 N–H and O–H groups in total. The van der Waals surface area contributed by atoms with E-state index in [1.807, 2.05) is 24.3 Å². The molecular weight excluding hydrogens is 260 g/mol. The normalized spacial score (nSPS) is 16.1. The molecule has 1 aromatic carbocycles. The van der Waals surface area contributed by atoms with Gasteiger partial charge in [0.25, 0.3) is 0 Å². The third-order valence-corrected chi connectivity index (χ3v) is 3.76. The summed E-state index contributed by atoms with van der Waals surface area (Å²) in [6, 6.07) is 8.05. The minimum atomic E-state index is -0.0473. The Morgan fingerprint density at radius 1 is 1.26 bits per heavy atom. The number of benzene rings is 1. The number of urea groups is 1. The molecule has 0 heterocycles. The fourth-order valence-electron chi connectivity index (χ4n) is 2.50. The van der Waals surface area contributed by atoms with Crippen LogP contribution in [0.5, 0.6) is 0 Å². The third kappa shape index (κ3) is 5.11. The molecule has 19 heavy (non-hydrogen) atoms. The number of nitrogens with one attached hydrogen (secondary N) is 2. The zero-order chi connectivity index (χ0) is 13.5. The summed E-state index contributed by atoms with van der Waals surface area (Å²) >= 11 is 5.92. The monoisotopic (exact) mass is 280 g/mol. The molecule has 0 aromatic heterocycles. The largest absolute Gasteiger partial charge is 0.338 e. The van der Waals surface area contributed by atoms with E-state index in [0.29, 0.717) is 12.6 Å². The number of carbonyl (C=O) groups excluding carboxylic acids is 1. The van der Waals surface area contributed by atoms with Crippen LogP contribution in [0.15, 0.2) is 24.3 Å². The molecule has 2 amide bonds. The van der Waals surface area contributed by atoms with Gasteiger partial charge in [-0.05, 0) is 37.0 Å². The van der Waals surface area contributed by atoms with Crippen molar-refractivity contribution in [1.29, 1.82) is 0 Å². The lowest BCUT2D eigenvalue weighted by atomic mass is 9.96. The van der Waals surface area contributed by atoms with Gasteiger partial charge in [-0.15, -0.1) is 0 Å². The molecule has 0 bridgehead atoms. The number of rotatable bonds is 4. The van der Waals surface area contributed by atoms with Crippen molar-refractivity contribution in [2.24, 2.45) is 0 Å². The first-order chi connectivity index (χ1) is 9.24. The Morgan fingerprint density at radius 3 is 2.79 bits per heavy atom. The number of hydrogen-bond donors (Lipinski definition) is 2. The Balaban J connectivity index is 1.66. The molecule has 2 rings (SSSR count). The van der Waals surface area contributed by atoms with E-state index in [0.717, 1.165) is 29.8 Å². The van der Waals surface area contributed by atoms with E-state index in [-0.39, 0.29) is 6.03 Å². The van der Waals surface area contributed by atoms with Gasteiger partial charge in [-0.1, -0.05) is 43.0 Å². The van der Waals surface area contributed by atoms with Crippen LogP contribution in [0.4, 0.5) is 4.79 Å². The van der Waals surface area contributed by atoms with E-state index in [1.165, 1.54) is 19.3 Å². The van der Waals surface area contributed by atoms with Gasteiger partial charge in [0, 0.05) is 17.6 Å². The molecule has 4 heteroatoms. The van der Waals surface area contributed by atoms with Crippen molar-refractivity contribution < 1.29 is 4.79 Å². The molecule has 0 aliphatic heterocycles. The van der Waals surface area contributed by atoms with E-state index in [2.05, 4.69) is 10.6 Å². The summed E-state index contributed by atoms with van der Waals surface area (Å²) in [7, 11) is 0. The molecule has 104 valence electrons. The van der Waals surface area contributed by atoms with Crippen molar-refractivity contribution in [2.45, 2.75) is 44.6 Å². The summed E-state index contributed by atoms with van der Waals surface area (Å²) < 4.78 is 0. The maximum atomic E-state index is 11.7. The molecule has 0 spiro atoms. The van der Waals surface area contributed by atoms with E-state index in [9.17, 15) is 4.79 Å². The Labute approximate surface area is 119 Å². The Kier molecular flexibility index (Phi) is 5.52. The molecule has 0 unspecified atom stereocenters. The molecule has 3 nitrogen and oxygen atoms in total. The molecule has 1 aliphatic rings. The maximum absolute atomic E-state index is 11.7. The first-order valence-corrected chi connectivity index (χ1v) is 7.40. The van der Waals surface area contributed by atoms with Crippen molar-refractivity contribution in [3.8, 4) is 0 Å². The summed E-state index contributed by atoms with van der Waals surface area (Å²) in [5, 5.41) is 6.69. The Bertz CT molecular complexity index is 416. The van der Waals surface area contributed by atoms with Gasteiger partial charge in [0.15, 0.2) is 0 Å². The predicted octanol–water partition coefficient (Wildman–Crippen LogP) is 3.51. The molecule has 1 aliphatic carbocycles. The van der Waals surface area contributed by atoms with Gasteiger partial charge in [0.05, 0.1) is 0 Å². The average Bonchev–Trinajstić information content (AvgIpc) is 2.40. The van der Waals surface area contributed by atoms with Gasteiger partial charge in [-0.2, -0.15) is 0 Å². The van der Waals surface area contributed by atoms with Crippen LogP contribution in [0.1, 0.15) is 37.7 Å². The van der Waals surface area contributed by atoms with Gasteiger partial charge >= 0.3 is 6.03 Å². The topological polar surface area (TPSA) is 41.1 Å². The van der Waals surface area contributed by atoms with Gasteiger partial charge in [-0.25, -0.2) is 4.79 Å². The molecule has 0 saturated heterocycles. The summed E-state index contributed by atoms with van der Waals surface area (Å²) in [5.41, 5.74) is 1.14. The third-order valence-electron chi connectivity index (χ3n) is 3.53. The number of carbonyl (C=O) groups is 1. The lowest BCUT2D eigenvalue weighted by molar-refractivity contribution is 0.233. The van der Waals surface area contributed by atoms with Crippen LogP contribution in [-0.2, 0) is 6.42 Å². The average molecular weight is 281 g/mol. The zero-order valence-corrected chi connectivity index (χ0v) is 11.9. The summed E-state index contributed by atoms with van der Waals surface area (Å²) in [6.07, 6.45) is 6.79. The Morgan fingerprint density at radius 2 is 2.05 bits per heavy atom. The summed E-state index contributed by atoms with van der Waals surface area (Å²) in [6.45, 7) is 0.638. The summed E-state index contributed by atoms with van der Waals surface area (Å²) in [5.74, 6) is 0. The van der Waals surface area contributed by atoms with Crippen LogP contribution in [0.2, 0.25) is 5.02 Å². The molecule has 1 aromatic rings. The molecule has 1 saturated carbocycles. The fraction of sp³-hybridized carbons (Fsp3) is 0.533. The van der Waals surface area contributed by atoms with Crippen molar-refractivity contribution in [3.05, 3.63) is 34.9 Å². The highest BCUT2D eigenvalue weighted by Crippen LogP contribution is 2.17. The van der Waals surface area contributed by atoms with Gasteiger partial charge < -0.3 is 10.6 Å². The summed E-state index contributed by atoms with van der Waals surface area (Å²) in [4.78, 5) is 11.7. The number of hydrogen-bond acceptors (Lipinski definition) is 1. The minimum Gasteiger partial charge on any atom is -0.338 e. The lowest BCUT2D eigenvalue weighted by Crippen LogP contribution is -2.43. The van der Waals surface area contributed by atoms with Crippen LogP contribution in [-0.4, -0.2) is 18.6 Å². The van der Waals surface area contributed by atoms with Gasteiger partial charge in [-0.3, -0.25) is 0 Å². The van der Waals surface area contributed by atoms with E-state index in [1.54, 1.807) is 0 Å². The predicted molar refractivity (Wildman–Crippen MR) is 78.6 cm³/mol. The highest BCUT2D eigenvalue weighted by molar-refractivity contribution is 6.30. The van der Waals surface area contributed by atoms with Crippen LogP contribution < -0.4 is 10.6 Å². The van der Waals surface area contributed by atoms with Crippen molar-refractivity contribution in [1.82, 2.24) is 10.6 Å². The lowest BCUT2D eigenvalue weighted by Gasteiger charge is -2.22. The highest BCUT2D eigenvalue weighted by Gasteiger charge is 2.14. The SMILES string of the molecule is O=C(NCCc1cccc(Cl)c1)NC1CCCCC1. The second kappa shape index (κ2) is 7.39. The first-order valence-electron chi connectivity index (χ1n) is 7.03. The Hall–Kier alpha value is -1.22. The zero-order valence-electron chi connectivity index (χ0n) is 11.1. The van der Waals surface area contributed by atoms with Crippen LogP contribution in [0, 0.1) is 0 Å². The molecule has 1 fully saturated rings. The number of amides is 2. The first kappa shape index (κ1) is 14.2. The number of halogens is 1. The van der Waals surface area contributed by atoms with Crippen LogP contribution in [0.25, 0.3) is 0 Å². The van der Waals surface area contributed by atoms with Crippen LogP contribution >= 0.6 is 11.6 Å². The van der Waals surface area contributed by atoms with Gasteiger partial charge in [0.2, 0.25) is 0 Å². The molecule has 0 radical (unpaired) electrons. The maximum Gasteiger partial charge on any atom is 0.315 e. The van der Waals surface area contributed by atoms with E-state index < -0.39 is 0 Å².